The zero-order valence-corrected chi connectivity index (χ0v) is 6.50. The molecule has 0 aromatic rings. The van der Waals surface area contributed by atoms with E-state index in [4.69, 9.17) is 4.74 Å². The predicted octanol–water partition coefficient (Wildman–Crippen LogP) is -0.113. The Kier molecular flexibility index (Phi) is 2.07. The number of piperazine rings is 1. The molecule has 2 heterocycles. The number of hydrogen-bond acceptors (Lipinski definition) is 3. The van der Waals surface area contributed by atoms with Gasteiger partial charge in [-0.05, 0) is 0 Å². The van der Waals surface area contributed by atoms with Crippen molar-refractivity contribution in [3.8, 4) is 0 Å². The van der Waals surface area contributed by atoms with Crippen LogP contribution in [-0.2, 0) is 4.74 Å². The van der Waals surface area contributed by atoms with Gasteiger partial charge in [-0.1, -0.05) is 0 Å². The van der Waals surface area contributed by atoms with E-state index in [9.17, 15) is 4.48 Å². The molecule has 0 saturated carbocycles. The lowest BCUT2D eigenvalue weighted by Crippen LogP contribution is -2.56. The summed E-state index contributed by atoms with van der Waals surface area (Å²) in [5, 5.41) is 0.885. The van der Waals surface area contributed by atoms with Crippen molar-refractivity contribution in [2.75, 3.05) is 39.4 Å². The largest absolute Gasteiger partial charge is 0.378 e. The fourth-order valence-electron chi connectivity index (χ4n) is 1.71. The normalized spacial score (nSPS) is 35.2. The van der Waals surface area contributed by atoms with E-state index < -0.39 is 0 Å². The summed E-state index contributed by atoms with van der Waals surface area (Å²) >= 11 is 0. The van der Waals surface area contributed by atoms with Gasteiger partial charge in [0.15, 0.2) is 0 Å². The third kappa shape index (κ3) is 1.52. The van der Waals surface area contributed by atoms with E-state index in [-0.39, 0.29) is 0 Å². The maximum absolute atomic E-state index is 12.7. The number of rotatable bonds is 0. The molecule has 0 amide bonds. The van der Waals surface area contributed by atoms with Crippen LogP contribution >= 0.6 is 0 Å². The van der Waals surface area contributed by atoms with Crippen molar-refractivity contribution in [2.24, 2.45) is 0 Å². The second kappa shape index (κ2) is 3.05. The molecule has 0 N–H and O–H groups in total. The molecule has 0 unspecified atom stereocenters. The Morgan fingerprint density at radius 3 is 3.09 bits per heavy atom. The van der Waals surface area contributed by atoms with Crippen LogP contribution in [0.15, 0.2) is 0 Å². The number of morpholine rings is 1. The average Bonchev–Trinajstić information content (AvgIpc) is 2.04. The molecule has 2 aliphatic rings. The molecule has 0 aromatic heterocycles. The summed E-state index contributed by atoms with van der Waals surface area (Å²) in [7, 11) is 0. The van der Waals surface area contributed by atoms with Gasteiger partial charge in [-0.15, -0.1) is 9.60 Å². The van der Waals surface area contributed by atoms with Crippen LogP contribution in [0.2, 0.25) is 0 Å². The Hall–Kier alpha value is -0.190. The van der Waals surface area contributed by atoms with Crippen LogP contribution in [0.3, 0.4) is 0 Å². The van der Waals surface area contributed by atoms with Crippen molar-refractivity contribution in [1.29, 1.82) is 0 Å². The fourth-order valence-corrected chi connectivity index (χ4v) is 1.71. The van der Waals surface area contributed by atoms with E-state index in [2.05, 4.69) is 4.90 Å². The third-order valence-corrected chi connectivity index (χ3v) is 2.39. The van der Waals surface area contributed by atoms with Crippen molar-refractivity contribution in [1.82, 2.24) is 10.0 Å². The lowest BCUT2D eigenvalue weighted by molar-refractivity contribution is -0.0981. The van der Waals surface area contributed by atoms with Crippen molar-refractivity contribution >= 4 is 0 Å². The zero-order valence-electron chi connectivity index (χ0n) is 6.50. The van der Waals surface area contributed by atoms with Gasteiger partial charge in [0, 0.05) is 32.2 Å². The summed E-state index contributed by atoms with van der Waals surface area (Å²) in [5.74, 6) is 0. The fraction of sp³-hybridized carbons (Fsp3) is 1.00. The molecule has 4 heteroatoms. The highest BCUT2D eigenvalue weighted by Crippen LogP contribution is 2.13. The van der Waals surface area contributed by atoms with Crippen LogP contribution < -0.4 is 0 Å². The maximum atomic E-state index is 12.7. The molecule has 0 bridgehead atoms. The number of halogens is 1. The molecule has 2 aliphatic heterocycles. The smallest absolute Gasteiger partial charge is 0.0635 e. The van der Waals surface area contributed by atoms with Gasteiger partial charge in [-0.2, -0.15) is 0 Å². The minimum Gasteiger partial charge on any atom is -0.378 e. The molecule has 3 nitrogen and oxygen atoms in total. The Morgan fingerprint density at radius 1 is 1.27 bits per heavy atom. The van der Waals surface area contributed by atoms with E-state index in [1.807, 2.05) is 0 Å². The monoisotopic (exact) mass is 160 g/mol. The maximum Gasteiger partial charge on any atom is 0.0635 e. The van der Waals surface area contributed by atoms with E-state index in [0.717, 1.165) is 24.8 Å². The highest BCUT2D eigenvalue weighted by Gasteiger charge is 2.29. The molecule has 2 rings (SSSR count). The summed E-state index contributed by atoms with van der Waals surface area (Å²) in [4.78, 5) is 2.31. The first-order chi connectivity index (χ1) is 5.36. The quantitative estimate of drug-likeness (QED) is 0.460. The topological polar surface area (TPSA) is 15.7 Å². The van der Waals surface area contributed by atoms with E-state index in [1.165, 1.54) is 0 Å². The van der Waals surface area contributed by atoms with E-state index in [1.54, 1.807) is 0 Å². The molecule has 2 fully saturated rings. The van der Waals surface area contributed by atoms with Gasteiger partial charge >= 0.3 is 0 Å². The van der Waals surface area contributed by atoms with Gasteiger partial charge in [-0.25, -0.2) is 0 Å². The van der Waals surface area contributed by atoms with Crippen LogP contribution in [0.25, 0.3) is 0 Å². The summed E-state index contributed by atoms with van der Waals surface area (Å²) < 4.78 is 18.0. The second-order valence-electron chi connectivity index (χ2n) is 3.13. The van der Waals surface area contributed by atoms with Crippen LogP contribution in [0, 0.1) is 0 Å². The Balaban J connectivity index is 1.93. The molecule has 64 valence electrons. The lowest BCUT2D eigenvalue weighted by Gasteiger charge is -2.40. The zero-order chi connectivity index (χ0) is 7.68. The van der Waals surface area contributed by atoms with Gasteiger partial charge in [0.05, 0.1) is 13.2 Å². The van der Waals surface area contributed by atoms with Gasteiger partial charge in [0.2, 0.25) is 0 Å². The SMILES string of the molecule is FN1CCN2CCOC[C@@H]2C1. The summed E-state index contributed by atoms with van der Waals surface area (Å²) in [5.41, 5.74) is 0. The Bertz CT molecular complexity index is 144. The lowest BCUT2D eigenvalue weighted by atomic mass is 10.2. The van der Waals surface area contributed by atoms with Crippen molar-refractivity contribution in [3.05, 3.63) is 0 Å². The predicted molar refractivity (Wildman–Crippen MR) is 38.9 cm³/mol. The Labute approximate surface area is 65.7 Å². The molecule has 1 atom stereocenters. The summed E-state index contributed by atoms with van der Waals surface area (Å²) in [6.45, 7) is 4.39. The van der Waals surface area contributed by atoms with Crippen molar-refractivity contribution in [3.63, 3.8) is 0 Å². The molecule has 11 heavy (non-hydrogen) atoms. The van der Waals surface area contributed by atoms with E-state index in [0.29, 0.717) is 25.7 Å². The Morgan fingerprint density at radius 2 is 2.18 bits per heavy atom. The molecule has 0 spiro atoms. The molecule has 0 radical (unpaired) electrons. The second-order valence-corrected chi connectivity index (χ2v) is 3.13. The van der Waals surface area contributed by atoms with Crippen molar-refractivity contribution < 1.29 is 9.22 Å². The number of nitrogens with zero attached hydrogens (tertiary/aromatic N) is 2. The minimum absolute atomic E-state index is 0.294. The molecule has 2 saturated heterocycles. The molecular weight excluding hydrogens is 147 g/mol. The van der Waals surface area contributed by atoms with Gasteiger partial charge < -0.3 is 4.74 Å². The van der Waals surface area contributed by atoms with Crippen LogP contribution in [-0.4, -0.2) is 55.5 Å². The van der Waals surface area contributed by atoms with Crippen molar-refractivity contribution in [2.45, 2.75) is 6.04 Å². The number of hydrogen-bond donors (Lipinski definition) is 0. The van der Waals surface area contributed by atoms with Gasteiger partial charge in [0.25, 0.3) is 0 Å². The first-order valence-electron chi connectivity index (χ1n) is 4.09. The number of fused-ring (bicyclic) bond motifs is 1. The van der Waals surface area contributed by atoms with Crippen LogP contribution in [0.5, 0.6) is 0 Å². The average molecular weight is 160 g/mol. The van der Waals surface area contributed by atoms with Crippen LogP contribution in [0.4, 0.5) is 4.48 Å². The summed E-state index contributed by atoms with van der Waals surface area (Å²) in [6, 6.07) is 0.294. The third-order valence-electron chi connectivity index (χ3n) is 2.39. The summed E-state index contributed by atoms with van der Waals surface area (Å²) in [6.07, 6.45) is 0. The first-order valence-corrected chi connectivity index (χ1v) is 4.09. The standard InChI is InChI=1S/C7H13FN2O/c8-10-2-1-9-3-4-11-6-7(9)5-10/h7H,1-6H2/t7-/m0/s1. The molecule has 0 aromatic carbocycles. The van der Waals surface area contributed by atoms with Gasteiger partial charge in [-0.3, -0.25) is 4.90 Å². The minimum atomic E-state index is 0.294. The molecule has 0 aliphatic carbocycles. The highest BCUT2D eigenvalue weighted by molar-refractivity contribution is 4.81. The molecular formula is C7H13FN2O. The first kappa shape index (κ1) is 7.46. The highest BCUT2D eigenvalue weighted by atomic mass is 19.2. The number of ether oxygens (including phenoxy) is 1. The van der Waals surface area contributed by atoms with Crippen LogP contribution in [0.1, 0.15) is 0 Å². The van der Waals surface area contributed by atoms with Gasteiger partial charge in [0.1, 0.15) is 0 Å². The van der Waals surface area contributed by atoms with E-state index >= 15 is 0 Å².